The summed E-state index contributed by atoms with van der Waals surface area (Å²) in [5, 5.41) is 4.39. The van der Waals surface area contributed by atoms with Crippen LogP contribution in [-0.4, -0.2) is 9.78 Å². The molecule has 4 nitrogen and oxygen atoms in total. The summed E-state index contributed by atoms with van der Waals surface area (Å²) in [7, 11) is 0. The van der Waals surface area contributed by atoms with E-state index in [1.165, 1.54) is 11.1 Å². The van der Waals surface area contributed by atoms with Gasteiger partial charge in [-0.15, -0.1) is 4.68 Å². The molecule has 0 aliphatic carbocycles. The third kappa shape index (κ3) is 2.40. The van der Waals surface area contributed by atoms with E-state index in [9.17, 15) is 0 Å². The van der Waals surface area contributed by atoms with Gasteiger partial charge in [-0.3, -0.25) is 0 Å². The minimum atomic E-state index is 1.07. The van der Waals surface area contributed by atoms with Gasteiger partial charge in [0, 0.05) is 5.10 Å². The largest absolute Gasteiger partial charge is 0.287 e. The maximum absolute atomic E-state index is 4.39. The molecule has 0 saturated carbocycles. The third-order valence-corrected chi connectivity index (χ3v) is 3.29. The Morgan fingerprint density at radius 2 is 1.65 bits per heavy atom. The molecule has 4 heteroatoms. The van der Waals surface area contributed by atoms with E-state index in [1.807, 2.05) is 46.0 Å². The van der Waals surface area contributed by atoms with Gasteiger partial charge in [0.2, 0.25) is 0 Å². The quantitative estimate of drug-likeness (QED) is 0.739. The summed E-state index contributed by atoms with van der Waals surface area (Å²) in [5.41, 5.74) is 7.86. The standard InChI is InChI=1S/C16H17N4/c1-13-7-3-5-9-15(13)18-19-11-17-20(12-19)16-10-6-4-8-14(16)2/h3-12,18H,1-2H3/q+1. The number of benzene rings is 2. The van der Waals surface area contributed by atoms with E-state index in [0.717, 1.165) is 11.4 Å². The SMILES string of the molecule is Cc1ccccc1N[n+]1cnn(-c2ccccc2C)c1. The molecule has 0 unspecified atom stereocenters. The van der Waals surface area contributed by atoms with Gasteiger partial charge in [0.15, 0.2) is 0 Å². The van der Waals surface area contributed by atoms with E-state index in [2.05, 4.69) is 42.6 Å². The Hall–Kier alpha value is -2.62. The topological polar surface area (TPSA) is 33.7 Å². The van der Waals surface area contributed by atoms with Crippen LogP contribution in [0, 0.1) is 13.8 Å². The van der Waals surface area contributed by atoms with Crippen molar-refractivity contribution in [3.63, 3.8) is 0 Å². The van der Waals surface area contributed by atoms with E-state index in [4.69, 9.17) is 0 Å². The molecule has 0 spiro atoms. The molecule has 100 valence electrons. The van der Waals surface area contributed by atoms with Crippen molar-refractivity contribution in [1.82, 2.24) is 9.78 Å². The van der Waals surface area contributed by atoms with Gasteiger partial charge < -0.3 is 0 Å². The van der Waals surface area contributed by atoms with Crippen LogP contribution in [0.15, 0.2) is 61.2 Å². The van der Waals surface area contributed by atoms with Crippen molar-refractivity contribution in [3.8, 4) is 5.69 Å². The molecule has 0 radical (unpaired) electrons. The summed E-state index contributed by atoms with van der Waals surface area (Å²) in [5.74, 6) is 0. The van der Waals surface area contributed by atoms with Crippen molar-refractivity contribution in [3.05, 3.63) is 72.3 Å². The van der Waals surface area contributed by atoms with Gasteiger partial charge in [0.1, 0.15) is 5.69 Å². The molecule has 1 N–H and O–H groups in total. The van der Waals surface area contributed by atoms with Gasteiger partial charge in [0.25, 0.3) is 12.7 Å². The molecule has 0 saturated heterocycles. The van der Waals surface area contributed by atoms with E-state index in [0.29, 0.717) is 0 Å². The van der Waals surface area contributed by atoms with Crippen LogP contribution < -0.4 is 10.1 Å². The lowest BCUT2D eigenvalue weighted by Crippen LogP contribution is -2.40. The number of aryl methyl sites for hydroxylation is 2. The Kier molecular flexibility index (Phi) is 3.21. The Morgan fingerprint density at radius 1 is 0.950 bits per heavy atom. The Morgan fingerprint density at radius 3 is 2.40 bits per heavy atom. The normalized spacial score (nSPS) is 10.5. The van der Waals surface area contributed by atoms with Crippen LogP contribution in [0.2, 0.25) is 0 Å². The minimum absolute atomic E-state index is 1.07. The van der Waals surface area contributed by atoms with Crippen LogP contribution in [0.1, 0.15) is 11.1 Å². The fourth-order valence-electron chi connectivity index (χ4n) is 2.13. The zero-order valence-electron chi connectivity index (χ0n) is 11.6. The van der Waals surface area contributed by atoms with Crippen molar-refractivity contribution in [2.24, 2.45) is 0 Å². The number of aromatic nitrogens is 3. The molecule has 20 heavy (non-hydrogen) atoms. The average molecular weight is 265 g/mol. The van der Waals surface area contributed by atoms with Crippen LogP contribution in [0.3, 0.4) is 0 Å². The van der Waals surface area contributed by atoms with Crippen LogP contribution in [0.4, 0.5) is 5.69 Å². The first-order chi connectivity index (χ1) is 9.74. The van der Waals surface area contributed by atoms with Crippen LogP contribution >= 0.6 is 0 Å². The molecular formula is C16H17N4+. The van der Waals surface area contributed by atoms with Crippen molar-refractivity contribution in [2.75, 3.05) is 5.43 Å². The molecule has 0 fully saturated rings. The zero-order valence-corrected chi connectivity index (χ0v) is 11.6. The maximum atomic E-state index is 4.39. The predicted molar refractivity (Wildman–Crippen MR) is 78.7 cm³/mol. The molecule has 0 aliphatic heterocycles. The highest BCUT2D eigenvalue weighted by atomic mass is 15.5. The molecule has 1 aromatic heterocycles. The number of rotatable bonds is 3. The second kappa shape index (κ2) is 5.17. The number of hydrogen-bond acceptors (Lipinski definition) is 2. The Labute approximate surface area is 118 Å². The van der Waals surface area contributed by atoms with Crippen molar-refractivity contribution >= 4 is 5.69 Å². The van der Waals surface area contributed by atoms with Gasteiger partial charge in [-0.2, -0.15) is 0 Å². The molecule has 0 bridgehead atoms. The summed E-state index contributed by atoms with van der Waals surface area (Å²) in [6.45, 7) is 4.16. The maximum Gasteiger partial charge on any atom is 0.287 e. The lowest BCUT2D eigenvalue weighted by Gasteiger charge is -2.04. The highest BCUT2D eigenvalue weighted by Gasteiger charge is 2.11. The molecular weight excluding hydrogens is 248 g/mol. The molecule has 0 amide bonds. The molecule has 0 aliphatic rings. The Bertz CT molecular complexity index is 731. The van der Waals surface area contributed by atoms with Crippen molar-refractivity contribution in [1.29, 1.82) is 0 Å². The van der Waals surface area contributed by atoms with E-state index in [-0.39, 0.29) is 0 Å². The van der Waals surface area contributed by atoms with Crippen molar-refractivity contribution in [2.45, 2.75) is 13.8 Å². The van der Waals surface area contributed by atoms with Gasteiger partial charge in [0.05, 0.1) is 5.69 Å². The van der Waals surface area contributed by atoms with Gasteiger partial charge >= 0.3 is 0 Å². The van der Waals surface area contributed by atoms with E-state index < -0.39 is 0 Å². The second-order valence-corrected chi connectivity index (χ2v) is 4.81. The van der Waals surface area contributed by atoms with Gasteiger partial charge in [-0.25, -0.2) is 5.43 Å². The number of anilines is 1. The van der Waals surface area contributed by atoms with Gasteiger partial charge in [-0.05, 0) is 37.1 Å². The third-order valence-electron chi connectivity index (χ3n) is 3.29. The summed E-state index contributed by atoms with van der Waals surface area (Å²) in [6, 6.07) is 16.4. The average Bonchev–Trinajstić information content (AvgIpc) is 2.90. The van der Waals surface area contributed by atoms with E-state index in [1.54, 1.807) is 6.33 Å². The first-order valence-electron chi connectivity index (χ1n) is 6.58. The van der Waals surface area contributed by atoms with E-state index >= 15 is 0 Å². The molecule has 1 heterocycles. The number of nitrogens with zero attached hydrogens (tertiary/aromatic N) is 3. The summed E-state index contributed by atoms with van der Waals surface area (Å²) >= 11 is 0. The fraction of sp³-hybridized carbons (Fsp3) is 0.125. The second-order valence-electron chi connectivity index (χ2n) is 4.81. The molecule has 0 atom stereocenters. The highest BCUT2D eigenvalue weighted by Crippen LogP contribution is 2.12. The van der Waals surface area contributed by atoms with Crippen LogP contribution in [0.5, 0.6) is 0 Å². The highest BCUT2D eigenvalue weighted by molar-refractivity contribution is 5.48. The first-order valence-corrected chi connectivity index (χ1v) is 6.58. The first kappa shape index (κ1) is 12.4. The van der Waals surface area contributed by atoms with Crippen LogP contribution in [0.25, 0.3) is 5.69 Å². The number of nitrogens with one attached hydrogen (secondary N) is 1. The smallest absolute Gasteiger partial charge is 0.244 e. The lowest BCUT2D eigenvalue weighted by atomic mass is 10.2. The predicted octanol–water partition coefficient (Wildman–Crippen LogP) is 2.65. The molecule has 2 aromatic carbocycles. The Balaban J connectivity index is 1.88. The zero-order chi connectivity index (χ0) is 13.9. The molecule has 3 rings (SSSR count). The monoisotopic (exact) mass is 265 g/mol. The number of para-hydroxylation sites is 2. The summed E-state index contributed by atoms with van der Waals surface area (Å²) < 4.78 is 3.72. The van der Waals surface area contributed by atoms with Crippen LogP contribution in [-0.2, 0) is 0 Å². The number of hydrogen-bond donors (Lipinski definition) is 1. The minimum Gasteiger partial charge on any atom is -0.244 e. The molecule has 3 aromatic rings. The fourth-order valence-corrected chi connectivity index (χ4v) is 2.13. The summed E-state index contributed by atoms with van der Waals surface area (Å²) in [6.07, 6.45) is 3.69. The summed E-state index contributed by atoms with van der Waals surface area (Å²) in [4.78, 5) is 0. The van der Waals surface area contributed by atoms with Crippen molar-refractivity contribution < 1.29 is 4.68 Å². The van der Waals surface area contributed by atoms with Gasteiger partial charge in [-0.1, -0.05) is 41.1 Å². The lowest BCUT2D eigenvalue weighted by molar-refractivity contribution is -0.643.